The van der Waals surface area contributed by atoms with Crippen LogP contribution in [0.3, 0.4) is 0 Å². The maximum atomic E-state index is 15.0. The van der Waals surface area contributed by atoms with Gasteiger partial charge in [-0.15, -0.1) is 0 Å². The highest BCUT2D eigenvalue weighted by molar-refractivity contribution is 5.56. The largest absolute Gasteiger partial charge is 0.267 e. The number of alkyl halides is 2. The Labute approximate surface area is 187 Å². The van der Waals surface area contributed by atoms with Crippen molar-refractivity contribution in [2.45, 2.75) is 104 Å². The summed E-state index contributed by atoms with van der Waals surface area (Å²) in [7, 11) is 0. The van der Waals surface area contributed by atoms with Crippen molar-refractivity contribution < 1.29 is 13.2 Å². The molecule has 0 aliphatic heterocycles. The minimum absolute atomic E-state index is 0.357. The standard InChI is InChI=1S/C28H41F3/c1-3-5-21-10-12-23(13-11-21)14-16-24-18-19-25(27(29)26(24)28(30)31)17-15-22-8-6-20(4-2)7-9-22/h14,16,18-23,28H,3-13,15,17H2,1-2H3. The molecule has 0 aromatic heterocycles. The monoisotopic (exact) mass is 434 g/mol. The SMILES string of the molecule is CCCC1CCC(C=Cc2ccc(CCC3CCC(CC)CC3)c(F)c2C(F)F)CC1. The van der Waals surface area contributed by atoms with Gasteiger partial charge < -0.3 is 0 Å². The van der Waals surface area contributed by atoms with Gasteiger partial charge in [-0.3, -0.25) is 0 Å². The van der Waals surface area contributed by atoms with E-state index in [2.05, 4.69) is 19.9 Å². The summed E-state index contributed by atoms with van der Waals surface area (Å²) in [6.45, 7) is 4.48. The summed E-state index contributed by atoms with van der Waals surface area (Å²) in [5.74, 6) is 2.02. The van der Waals surface area contributed by atoms with Gasteiger partial charge in [-0.25, -0.2) is 13.2 Å². The molecule has 3 heteroatoms. The second-order valence-corrected chi connectivity index (χ2v) is 10.1. The van der Waals surface area contributed by atoms with Crippen molar-refractivity contribution in [3.05, 3.63) is 40.7 Å². The van der Waals surface area contributed by atoms with Gasteiger partial charge in [-0.2, -0.15) is 0 Å². The van der Waals surface area contributed by atoms with Crippen LogP contribution in [0.4, 0.5) is 13.2 Å². The molecule has 31 heavy (non-hydrogen) atoms. The molecular formula is C28H41F3. The molecule has 2 saturated carbocycles. The van der Waals surface area contributed by atoms with E-state index in [0.717, 1.165) is 31.1 Å². The van der Waals surface area contributed by atoms with Crippen LogP contribution in [0.1, 0.15) is 114 Å². The smallest absolute Gasteiger partial charge is 0.206 e. The third-order valence-corrected chi connectivity index (χ3v) is 8.01. The Hall–Kier alpha value is -1.25. The van der Waals surface area contributed by atoms with Crippen molar-refractivity contribution in [1.82, 2.24) is 0 Å². The second kappa shape index (κ2) is 12.1. The van der Waals surface area contributed by atoms with Gasteiger partial charge in [0, 0.05) is 0 Å². The van der Waals surface area contributed by atoms with E-state index in [1.54, 1.807) is 18.2 Å². The minimum Gasteiger partial charge on any atom is -0.206 e. The molecule has 2 fully saturated rings. The molecule has 0 spiro atoms. The van der Waals surface area contributed by atoms with Gasteiger partial charge >= 0.3 is 0 Å². The average Bonchev–Trinajstić information content (AvgIpc) is 2.78. The van der Waals surface area contributed by atoms with Gasteiger partial charge in [0.25, 0.3) is 6.43 Å². The Morgan fingerprint density at radius 2 is 1.48 bits per heavy atom. The van der Waals surface area contributed by atoms with E-state index < -0.39 is 17.8 Å². The molecule has 0 atom stereocenters. The van der Waals surface area contributed by atoms with Crippen molar-refractivity contribution in [2.24, 2.45) is 23.7 Å². The first-order chi connectivity index (χ1) is 15.0. The van der Waals surface area contributed by atoms with Crippen molar-refractivity contribution in [3.63, 3.8) is 0 Å². The fourth-order valence-corrected chi connectivity index (χ4v) is 5.82. The highest BCUT2D eigenvalue weighted by Crippen LogP contribution is 2.36. The first-order valence-electron chi connectivity index (χ1n) is 12.8. The molecule has 174 valence electrons. The topological polar surface area (TPSA) is 0 Å². The Kier molecular flexibility index (Phi) is 9.53. The van der Waals surface area contributed by atoms with Crippen LogP contribution in [-0.2, 0) is 6.42 Å². The Balaban J connectivity index is 1.61. The van der Waals surface area contributed by atoms with Gasteiger partial charge in [0.05, 0.1) is 5.56 Å². The molecule has 1 aromatic rings. The van der Waals surface area contributed by atoms with Crippen LogP contribution in [0.2, 0.25) is 0 Å². The zero-order valence-electron chi connectivity index (χ0n) is 19.5. The molecule has 0 amide bonds. The van der Waals surface area contributed by atoms with Gasteiger partial charge in [0.1, 0.15) is 5.82 Å². The molecule has 3 rings (SSSR count). The van der Waals surface area contributed by atoms with Crippen LogP contribution >= 0.6 is 0 Å². The van der Waals surface area contributed by atoms with Crippen LogP contribution < -0.4 is 0 Å². The predicted octanol–water partition coefficient (Wildman–Crippen LogP) is 9.53. The number of hydrogen-bond acceptors (Lipinski definition) is 0. The molecule has 1 aromatic carbocycles. The number of halogens is 3. The molecule has 0 bridgehead atoms. The lowest BCUT2D eigenvalue weighted by molar-refractivity contribution is 0.145. The fourth-order valence-electron chi connectivity index (χ4n) is 5.82. The van der Waals surface area contributed by atoms with E-state index in [0.29, 0.717) is 29.4 Å². The average molecular weight is 435 g/mol. The van der Waals surface area contributed by atoms with Crippen molar-refractivity contribution in [2.75, 3.05) is 0 Å². The van der Waals surface area contributed by atoms with Gasteiger partial charge in [-0.1, -0.05) is 83.1 Å². The molecule has 0 saturated heterocycles. The van der Waals surface area contributed by atoms with E-state index in [-0.39, 0.29) is 0 Å². The highest BCUT2D eigenvalue weighted by atomic mass is 19.3. The van der Waals surface area contributed by atoms with E-state index in [1.807, 2.05) is 0 Å². The fraction of sp³-hybridized carbons (Fsp3) is 0.714. The summed E-state index contributed by atoms with van der Waals surface area (Å²) in [6.07, 6.45) is 15.9. The summed E-state index contributed by atoms with van der Waals surface area (Å²) in [6, 6.07) is 3.46. The number of hydrogen-bond donors (Lipinski definition) is 0. The molecule has 0 heterocycles. The Morgan fingerprint density at radius 3 is 2.10 bits per heavy atom. The highest BCUT2D eigenvalue weighted by Gasteiger charge is 2.24. The van der Waals surface area contributed by atoms with Crippen LogP contribution in [0, 0.1) is 29.5 Å². The van der Waals surface area contributed by atoms with E-state index >= 15 is 4.39 Å². The summed E-state index contributed by atoms with van der Waals surface area (Å²) in [4.78, 5) is 0. The number of rotatable bonds is 9. The second-order valence-electron chi connectivity index (χ2n) is 10.1. The Morgan fingerprint density at radius 1 is 0.871 bits per heavy atom. The molecule has 2 aliphatic rings. The van der Waals surface area contributed by atoms with Gasteiger partial charge in [-0.05, 0) is 73.3 Å². The summed E-state index contributed by atoms with van der Waals surface area (Å²) in [5.41, 5.74) is 0.420. The summed E-state index contributed by atoms with van der Waals surface area (Å²) in [5, 5.41) is 0. The van der Waals surface area contributed by atoms with Crippen molar-refractivity contribution >= 4 is 6.08 Å². The summed E-state index contributed by atoms with van der Waals surface area (Å²) < 4.78 is 42.6. The molecule has 0 radical (unpaired) electrons. The molecular weight excluding hydrogens is 393 g/mol. The van der Waals surface area contributed by atoms with E-state index in [4.69, 9.17) is 0 Å². The zero-order valence-corrected chi connectivity index (χ0v) is 19.5. The van der Waals surface area contributed by atoms with Gasteiger partial charge in [0.15, 0.2) is 0 Å². The third kappa shape index (κ3) is 6.86. The quantitative estimate of drug-likeness (QED) is 0.363. The number of aryl methyl sites for hydroxylation is 1. The van der Waals surface area contributed by atoms with Crippen LogP contribution in [0.5, 0.6) is 0 Å². The van der Waals surface area contributed by atoms with Crippen molar-refractivity contribution in [3.8, 4) is 0 Å². The normalized spacial score (nSPS) is 27.3. The van der Waals surface area contributed by atoms with Crippen LogP contribution in [0.15, 0.2) is 18.2 Å². The van der Waals surface area contributed by atoms with Gasteiger partial charge in [0.2, 0.25) is 0 Å². The molecule has 0 unspecified atom stereocenters. The van der Waals surface area contributed by atoms with Crippen LogP contribution in [0.25, 0.3) is 6.08 Å². The lowest BCUT2D eigenvalue weighted by Crippen LogP contribution is -2.15. The molecule has 0 nitrogen and oxygen atoms in total. The maximum absolute atomic E-state index is 15.0. The minimum atomic E-state index is -2.78. The first-order valence-corrected chi connectivity index (χ1v) is 12.8. The lowest BCUT2D eigenvalue weighted by Gasteiger charge is -2.28. The number of allylic oxidation sites excluding steroid dienone is 1. The van der Waals surface area contributed by atoms with Crippen LogP contribution in [-0.4, -0.2) is 0 Å². The molecule has 0 N–H and O–H groups in total. The zero-order chi connectivity index (χ0) is 22.2. The maximum Gasteiger partial charge on any atom is 0.267 e. The summed E-state index contributed by atoms with van der Waals surface area (Å²) >= 11 is 0. The Bertz CT molecular complexity index is 692. The predicted molar refractivity (Wildman–Crippen MR) is 125 cm³/mol. The lowest BCUT2D eigenvalue weighted by atomic mass is 9.78. The number of benzene rings is 1. The third-order valence-electron chi connectivity index (χ3n) is 8.01. The molecule has 2 aliphatic carbocycles. The first kappa shape index (κ1) is 24.4. The van der Waals surface area contributed by atoms with E-state index in [9.17, 15) is 8.78 Å². The van der Waals surface area contributed by atoms with E-state index in [1.165, 1.54) is 57.8 Å². The van der Waals surface area contributed by atoms with Crippen molar-refractivity contribution in [1.29, 1.82) is 0 Å².